The lowest BCUT2D eigenvalue weighted by Gasteiger charge is -2.05. The van der Waals surface area contributed by atoms with Crippen LogP contribution in [0, 0.1) is 12.7 Å². The van der Waals surface area contributed by atoms with Crippen molar-refractivity contribution in [1.82, 2.24) is 0 Å². The van der Waals surface area contributed by atoms with Crippen molar-refractivity contribution in [2.75, 3.05) is 0 Å². The molecule has 86 valence electrons. The smallest absolute Gasteiger partial charge is 0.151 e. The lowest BCUT2D eigenvalue weighted by Crippen LogP contribution is -1.86. The third-order valence-corrected chi connectivity index (χ3v) is 3.43. The van der Waals surface area contributed by atoms with Gasteiger partial charge in [0.2, 0.25) is 0 Å². The molecule has 2 aromatic carbocycles. The zero-order chi connectivity index (χ0) is 12.3. The average Bonchev–Trinajstić information content (AvgIpc) is 2.34. The Balaban J connectivity index is 2.29. The van der Waals surface area contributed by atoms with Crippen molar-refractivity contribution >= 4 is 18.0 Å². The number of carbonyl (C=O) groups is 1. The molecule has 0 aromatic heterocycles. The van der Waals surface area contributed by atoms with Crippen molar-refractivity contribution in [3.63, 3.8) is 0 Å². The molecule has 0 heterocycles. The van der Waals surface area contributed by atoms with Crippen molar-refractivity contribution in [2.24, 2.45) is 0 Å². The number of carbonyl (C=O) groups excluding carboxylic acids is 1. The Bertz CT molecular complexity index is 534. The summed E-state index contributed by atoms with van der Waals surface area (Å²) in [5.41, 5.74) is 1.72. The van der Waals surface area contributed by atoms with E-state index in [4.69, 9.17) is 0 Å². The van der Waals surface area contributed by atoms with Gasteiger partial charge < -0.3 is 0 Å². The molecule has 2 aromatic rings. The Hall–Kier alpha value is -1.61. The second-order valence-electron chi connectivity index (χ2n) is 3.72. The summed E-state index contributed by atoms with van der Waals surface area (Å²) in [5.74, 6) is -0.256. The highest BCUT2D eigenvalue weighted by Gasteiger charge is 2.04. The highest BCUT2D eigenvalue weighted by atomic mass is 32.2. The van der Waals surface area contributed by atoms with Crippen LogP contribution >= 0.6 is 11.8 Å². The summed E-state index contributed by atoms with van der Waals surface area (Å²) >= 11 is 1.46. The number of aldehydes is 1. The van der Waals surface area contributed by atoms with E-state index in [1.165, 1.54) is 23.9 Å². The van der Waals surface area contributed by atoms with Gasteiger partial charge in [0, 0.05) is 15.4 Å². The quantitative estimate of drug-likeness (QED) is 0.758. The first-order valence-corrected chi connectivity index (χ1v) is 6.00. The molecule has 3 heteroatoms. The molecule has 0 amide bonds. The van der Waals surface area contributed by atoms with Crippen molar-refractivity contribution in [1.29, 1.82) is 0 Å². The molecule has 0 saturated heterocycles. The van der Waals surface area contributed by atoms with E-state index in [0.717, 1.165) is 21.6 Å². The molecule has 2 rings (SSSR count). The summed E-state index contributed by atoms with van der Waals surface area (Å²) in [6, 6.07) is 11.9. The van der Waals surface area contributed by atoms with E-state index >= 15 is 0 Å². The van der Waals surface area contributed by atoms with Gasteiger partial charge in [-0.2, -0.15) is 0 Å². The molecule has 0 atom stereocenters. The number of halogens is 1. The van der Waals surface area contributed by atoms with Crippen LogP contribution in [0.5, 0.6) is 0 Å². The number of hydrogen-bond donors (Lipinski definition) is 0. The molecule has 0 N–H and O–H groups in total. The van der Waals surface area contributed by atoms with E-state index in [1.54, 1.807) is 12.1 Å². The summed E-state index contributed by atoms with van der Waals surface area (Å²) in [4.78, 5) is 12.8. The van der Waals surface area contributed by atoms with Crippen LogP contribution in [0.1, 0.15) is 15.9 Å². The van der Waals surface area contributed by atoms with Crippen molar-refractivity contribution in [3.05, 3.63) is 59.4 Å². The zero-order valence-corrected chi connectivity index (χ0v) is 10.1. The lowest BCUT2D eigenvalue weighted by molar-refractivity contribution is 0.112. The molecular formula is C14H11FOS. The molecule has 0 bridgehead atoms. The molecule has 0 aliphatic carbocycles. The molecule has 0 unspecified atom stereocenters. The van der Waals surface area contributed by atoms with Crippen molar-refractivity contribution < 1.29 is 9.18 Å². The van der Waals surface area contributed by atoms with Crippen molar-refractivity contribution in [3.8, 4) is 0 Å². The topological polar surface area (TPSA) is 17.1 Å². The number of benzene rings is 2. The Morgan fingerprint density at radius 2 is 1.82 bits per heavy atom. The average molecular weight is 246 g/mol. The third-order valence-electron chi connectivity index (χ3n) is 2.33. The first-order valence-electron chi connectivity index (χ1n) is 5.18. The minimum Gasteiger partial charge on any atom is -0.298 e. The summed E-state index contributed by atoms with van der Waals surface area (Å²) in [6.45, 7) is 1.94. The fourth-order valence-corrected chi connectivity index (χ4v) is 2.37. The lowest BCUT2D eigenvalue weighted by atomic mass is 10.2. The van der Waals surface area contributed by atoms with E-state index in [0.29, 0.717) is 5.56 Å². The monoisotopic (exact) mass is 246 g/mol. The summed E-state index contributed by atoms with van der Waals surface area (Å²) in [6.07, 6.45) is 0.846. The van der Waals surface area contributed by atoms with Crippen molar-refractivity contribution in [2.45, 2.75) is 16.7 Å². The van der Waals surface area contributed by atoms with Gasteiger partial charge >= 0.3 is 0 Å². The van der Waals surface area contributed by atoms with Gasteiger partial charge in [-0.05, 0) is 43.3 Å². The minimum atomic E-state index is -0.256. The van der Waals surface area contributed by atoms with Crippen LogP contribution in [0.4, 0.5) is 4.39 Å². The number of rotatable bonds is 3. The largest absolute Gasteiger partial charge is 0.298 e. The Kier molecular flexibility index (Phi) is 3.59. The van der Waals surface area contributed by atoms with E-state index < -0.39 is 0 Å². The van der Waals surface area contributed by atoms with E-state index in [2.05, 4.69) is 0 Å². The van der Waals surface area contributed by atoms with Crippen LogP contribution in [0.3, 0.4) is 0 Å². The first-order chi connectivity index (χ1) is 8.19. The van der Waals surface area contributed by atoms with Crippen LogP contribution < -0.4 is 0 Å². The molecule has 1 nitrogen and oxygen atoms in total. The van der Waals surface area contributed by atoms with Crippen LogP contribution in [-0.2, 0) is 0 Å². The van der Waals surface area contributed by atoms with Gasteiger partial charge in [-0.1, -0.05) is 23.4 Å². The van der Waals surface area contributed by atoms with Gasteiger partial charge in [-0.3, -0.25) is 4.79 Å². The highest BCUT2D eigenvalue weighted by molar-refractivity contribution is 7.99. The van der Waals surface area contributed by atoms with E-state index in [9.17, 15) is 9.18 Å². The van der Waals surface area contributed by atoms with Gasteiger partial charge in [-0.15, -0.1) is 0 Å². The van der Waals surface area contributed by atoms with Gasteiger partial charge in [-0.25, -0.2) is 4.39 Å². The summed E-state index contributed by atoms with van der Waals surface area (Å²) in [7, 11) is 0. The highest BCUT2D eigenvalue weighted by Crippen LogP contribution is 2.30. The molecule has 0 saturated carbocycles. The SMILES string of the molecule is Cc1ccc(Sc2ccc(F)cc2)c(C=O)c1. The van der Waals surface area contributed by atoms with E-state index in [-0.39, 0.29) is 5.82 Å². The second-order valence-corrected chi connectivity index (χ2v) is 4.83. The van der Waals surface area contributed by atoms with Gasteiger partial charge in [0.25, 0.3) is 0 Å². The maximum atomic E-state index is 12.8. The molecular weight excluding hydrogens is 235 g/mol. The predicted molar refractivity (Wildman–Crippen MR) is 67.1 cm³/mol. The molecule has 0 spiro atoms. The molecule has 17 heavy (non-hydrogen) atoms. The van der Waals surface area contributed by atoms with Crippen LogP contribution in [0.2, 0.25) is 0 Å². The van der Waals surface area contributed by atoms with Crippen LogP contribution in [0.15, 0.2) is 52.3 Å². The molecule has 0 radical (unpaired) electrons. The molecule has 0 aliphatic heterocycles. The standard InChI is InChI=1S/C14H11FOS/c1-10-2-7-14(11(8-10)9-16)17-13-5-3-12(15)4-6-13/h2-9H,1H3. The van der Waals surface area contributed by atoms with E-state index in [1.807, 2.05) is 25.1 Å². The Labute approximate surface area is 104 Å². The van der Waals surface area contributed by atoms with Gasteiger partial charge in [0.1, 0.15) is 5.82 Å². The molecule has 0 aliphatic rings. The maximum Gasteiger partial charge on any atom is 0.151 e. The minimum absolute atomic E-state index is 0.256. The first kappa shape index (κ1) is 11.9. The number of hydrogen-bond acceptors (Lipinski definition) is 2. The number of aryl methyl sites for hydroxylation is 1. The predicted octanol–water partition coefficient (Wildman–Crippen LogP) is 4.10. The van der Waals surface area contributed by atoms with Crippen LogP contribution in [-0.4, -0.2) is 6.29 Å². The fraction of sp³-hybridized carbons (Fsp3) is 0.0714. The zero-order valence-electron chi connectivity index (χ0n) is 9.31. The summed E-state index contributed by atoms with van der Waals surface area (Å²) in [5, 5.41) is 0. The Morgan fingerprint density at radius 1 is 1.12 bits per heavy atom. The van der Waals surface area contributed by atoms with Crippen LogP contribution in [0.25, 0.3) is 0 Å². The fourth-order valence-electron chi connectivity index (χ4n) is 1.48. The second kappa shape index (κ2) is 5.15. The molecule has 0 fully saturated rings. The van der Waals surface area contributed by atoms with Gasteiger partial charge in [0.05, 0.1) is 0 Å². The third kappa shape index (κ3) is 2.94. The Morgan fingerprint density at radius 3 is 2.47 bits per heavy atom. The normalized spacial score (nSPS) is 10.2. The summed E-state index contributed by atoms with van der Waals surface area (Å²) < 4.78 is 12.8. The van der Waals surface area contributed by atoms with Gasteiger partial charge in [0.15, 0.2) is 6.29 Å². The maximum absolute atomic E-state index is 12.8.